The van der Waals surface area contributed by atoms with E-state index in [0.29, 0.717) is 13.1 Å². The topological polar surface area (TPSA) is 48.5 Å². The van der Waals surface area contributed by atoms with Crippen LogP contribution in [0.4, 0.5) is 0 Å². The Morgan fingerprint density at radius 3 is 2.75 bits per heavy atom. The van der Waals surface area contributed by atoms with Gasteiger partial charge in [-0.25, -0.2) is 0 Å². The van der Waals surface area contributed by atoms with Crippen molar-refractivity contribution in [1.29, 1.82) is 0 Å². The third-order valence-electron chi connectivity index (χ3n) is 2.97. The Hall–Kier alpha value is -1.46. The predicted octanol–water partition coefficient (Wildman–Crippen LogP) is 0.971. The molecule has 112 valence electrons. The number of carbonyl (C=O) groups is 1. The Morgan fingerprint density at radius 1 is 1.35 bits per heavy atom. The zero-order valence-electron chi connectivity index (χ0n) is 12.8. The summed E-state index contributed by atoms with van der Waals surface area (Å²) in [6, 6.07) is 3.90. The molecule has 0 atom stereocenters. The van der Waals surface area contributed by atoms with E-state index in [9.17, 15) is 4.79 Å². The first kappa shape index (κ1) is 16.6. The van der Waals surface area contributed by atoms with Crippen LogP contribution in [0.15, 0.2) is 24.5 Å². The lowest BCUT2D eigenvalue weighted by Gasteiger charge is -2.24. The molecule has 5 heteroatoms. The minimum atomic E-state index is 0.143. The van der Waals surface area contributed by atoms with Crippen molar-refractivity contribution in [2.75, 3.05) is 40.3 Å². The highest BCUT2D eigenvalue weighted by Gasteiger charge is 2.13. The molecule has 1 heterocycles. The van der Waals surface area contributed by atoms with Gasteiger partial charge in [-0.15, -0.1) is 0 Å². The van der Waals surface area contributed by atoms with Gasteiger partial charge in [0.05, 0.1) is 6.54 Å². The molecule has 0 spiro atoms. The monoisotopic (exact) mass is 278 g/mol. The highest BCUT2D eigenvalue weighted by atomic mass is 16.2. The molecule has 0 aliphatic rings. The second kappa shape index (κ2) is 9.44. The van der Waals surface area contributed by atoms with Gasteiger partial charge >= 0.3 is 0 Å². The molecule has 1 rings (SSSR count). The van der Waals surface area contributed by atoms with Gasteiger partial charge in [-0.3, -0.25) is 9.78 Å². The van der Waals surface area contributed by atoms with Crippen molar-refractivity contribution in [3.05, 3.63) is 30.1 Å². The van der Waals surface area contributed by atoms with Crippen LogP contribution in [-0.4, -0.2) is 61.0 Å². The van der Waals surface area contributed by atoms with E-state index in [4.69, 9.17) is 0 Å². The zero-order valence-corrected chi connectivity index (χ0v) is 12.8. The Kier molecular flexibility index (Phi) is 7.84. The number of amides is 1. The maximum Gasteiger partial charge on any atom is 0.236 e. The van der Waals surface area contributed by atoms with E-state index in [1.807, 2.05) is 37.3 Å². The van der Waals surface area contributed by atoms with E-state index >= 15 is 0 Å². The van der Waals surface area contributed by atoms with Crippen molar-refractivity contribution in [2.45, 2.75) is 19.9 Å². The average molecular weight is 278 g/mol. The van der Waals surface area contributed by atoms with Crippen LogP contribution in [0.25, 0.3) is 0 Å². The van der Waals surface area contributed by atoms with Crippen molar-refractivity contribution >= 4 is 5.91 Å². The van der Waals surface area contributed by atoms with Crippen molar-refractivity contribution < 1.29 is 4.79 Å². The largest absolute Gasteiger partial charge is 0.336 e. The third-order valence-corrected chi connectivity index (χ3v) is 2.97. The van der Waals surface area contributed by atoms with Crippen molar-refractivity contribution in [3.63, 3.8) is 0 Å². The molecule has 0 unspecified atom stereocenters. The lowest BCUT2D eigenvalue weighted by atomic mass is 10.2. The third kappa shape index (κ3) is 6.63. The molecule has 0 bridgehead atoms. The standard InChI is InChI=1S/C15H26N4O/c1-4-7-16-12-15(20)19(10-9-18(2)3)13-14-6-5-8-17-11-14/h5-6,8,11,16H,4,7,9-10,12-13H2,1-3H3. The van der Waals surface area contributed by atoms with Gasteiger partial charge in [0, 0.05) is 32.0 Å². The number of likely N-dealkylation sites (N-methyl/N-ethyl adjacent to an activating group) is 1. The quantitative estimate of drug-likeness (QED) is 0.684. The fraction of sp³-hybridized carbons (Fsp3) is 0.600. The van der Waals surface area contributed by atoms with Gasteiger partial charge in [0.25, 0.3) is 0 Å². The summed E-state index contributed by atoms with van der Waals surface area (Å²) in [6.07, 6.45) is 4.60. The fourth-order valence-corrected chi connectivity index (χ4v) is 1.81. The summed E-state index contributed by atoms with van der Waals surface area (Å²) >= 11 is 0. The molecule has 0 aliphatic carbocycles. The van der Waals surface area contributed by atoms with Crippen LogP contribution in [-0.2, 0) is 11.3 Å². The van der Waals surface area contributed by atoms with Gasteiger partial charge in [0.2, 0.25) is 5.91 Å². The van der Waals surface area contributed by atoms with Gasteiger partial charge in [-0.05, 0) is 38.7 Å². The van der Waals surface area contributed by atoms with Gasteiger partial charge in [-0.1, -0.05) is 13.0 Å². The van der Waals surface area contributed by atoms with E-state index in [0.717, 1.165) is 31.6 Å². The number of rotatable bonds is 9. The van der Waals surface area contributed by atoms with Crippen molar-refractivity contribution in [3.8, 4) is 0 Å². The Morgan fingerprint density at radius 2 is 2.15 bits per heavy atom. The number of carbonyl (C=O) groups excluding carboxylic acids is 1. The molecule has 1 amide bonds. The molecule has 0 radical (unpaired) electrons. The number of pyridine rings is 1. The molecule has 1 N–H and O–H groups in total. The summed E-state index contributed by atoms with van der Waals surface area (Å²) in [4.78, 5) is 20.3. The first-order valence-corrected chi connectivity index (χ1v) is 7.15. The number of hydrogen-bond acceptors (Lipinski definition) is 4. The van der Waals surface area contributed by atoms with Crippen LogP contribution < -0.4 is 5.32 Å². The van der Waals surface area contributed by atoms with Crippen LogP contribution in [0.5, 0.6) is 0 Å². The molecule has 0 fully saturated rings. The summed E-state index contributed by atoms with van der Waals surface area (Å²) in [5.74, 6) is 0.143. The van der Waals surface area contributed by atoms with Crippen LogP contribution in [0.2, 0.25) is 0 Å². The van der Waals surface area contributed by atoms with Gasteiger partial charge in [0.1, 0.15) is 0 Å². The van der Waals surface area contributed by atoms with E-state index in [-0.39, 0.29) is 5.91 Å². The lowest BCUT2D eigenvalue weighted by molar-refractivity contribution is -0.131. The Balaban J connectivity index is 2.57. The van der Waals surface area contributed by atoms with E-state index in [1.54, 1.807) is 6.20 Å². The molecular formula is C15H26N4O. The first-order chi connectivity index (χ1) is 9.63. The molecule has 1 aromatic heterocycles. The molecule has 0 saturated carbocycles. The summed E-state index contributed by atoms with van der Waals surface area (Å²) < 4.78 is 0. The van der Waals surface area contributed by atoms with E-state index in [2.05, 4.69) is 22.1 Å². The maximum absolute atomic E-state index is 12.3. The van der Waals surface area contributed by atoms with E-state index < -0.39 is 0 Å². The maximum atomic E-state index is 12.3. The molecule has 0 saturated heterocycles. The smallest absolute Gasteiger partial charge is 0.236 e. The summed E-state index contributed by atoms with van der Waals surface area (Å²) in [5.41, 5.74) is 1.06. The lowest BCUT2D eigenvalue weighted by Crippen LogP contribution is -2.41. The van der Waals surface area contributed by atoms with Crippen molar-refractivity contribution in [2.24, 2.45) is 0 Å². The number of aromatic nitrogens is 1. The molecule has 0 aliphatic heterocycles. The average Bonchev–Trinajstić information content (AvgIpc) is 2.44. The normalized spacial score (nSPS) is 10.8. The summed E-state index contributed by atoms with van der Waals surface area (Å²) in [5, 5.41) is 3.17. The zero-order chi connectivity index (χ0) is 14.8. The van der Waals surface area contributed by atoms with Gasteiger partial charge < -0.3 is 15.1 Å². The van der Waals surface area contributed by atoms with Crippen LogP contribution >= 0.6 is 0 Å². The van der Waals surface area contributed by atoms with Crippen molar-refractivity contribution in [1.82, 2.24) is 20.1 Å². The van der Waals surface area contributed by atoms with E-state index in [1.165, 1.54) is 0 Å². The second-order valence-corrected chi connectivity index (χ2v) is 5.16. The van der Waals surface area contributed by atoms with Crippen LogP contribution in [0.3, 0.4) is 0 Å². The first-order valence-electron chi connectivity index (χ1n) is 7.15. The minimum Gasteiger partial charge on any atom is -0.336 e. The summed E-state index contributed by atoms with van der Waals surface area (Å²) in [6.45, 7) is 5.58. The predicted molar refractivity (Wildman–Crippen MR) is 81.4 cm³/mol. The highest BCUT2D eigenvalue weighted by molar-refractivity contribution is 5.78. The van der Waals surface area contributed by atoms with Crippen LogP contribution in [0, 0.1) is 0 Å². The fourth-order valence-electron chi connectivity index (χ4n) is 1.81. The number of nitrogens with one attached hydrogen (secondary N) is 1. The summed E-state index contributed by atoms with van der Waals surface area (Å²) in [7, 11) is 4.03. The SMILES string of the molecule is CCCNCC(=O)N(CCN(C)C)Cc1cccnc1. The molecule has 20 heavy (non-hydrogen) atoms. The molecule has 1 aromatic rings. The molecule has 5 nitrogen and oxygen atoms in total. The minimum absolute atomic E-state index is 0.143. The highest BCUT2D eigenvalue weighted by Crippen LogP contribution is 2.03. The number of nitrogens with zero attached hydrogens (tertiary/aromatic N) is 3. The molecule has 0 aromatic carbocycles. The van der Waals surface area contributed by atoms with Gasteiger partial charge in [0.15, 0.2) is 0 Å². The second-order valence-electron chi connectivity index (χ2n) is 5.16. The molecular weight excluding hydrogens is 252 g/mol. The van der Waals surface area contributed by atoms with Gasteiger partial charge in [-0.2, -0.15) is 0 Å². The van der Waals surface area contributed by atoms with Crippen LogP contribution in [0.1, 0.15) is 18.9 Å². The number of hydrogen-bond donors (Lipinski definition) is 1. The Labute approximate surface area is 122 Å². The Bertz CT molecular complexity index is 381.